The summed E-state index contributed by atoms with van der Waals surface area (Å²) in [5, 5.41) is 8.55. The second kappa shape index (κ2) is 10.1. The van der Waals surface area contributed by atoms with E-state index in [0.717, 1.165) is 40.1 Å². The van der Waals surface area contributed by atoms with Crippen LogP contribution in [0.1, 0.15) is 80.4 Å². The number of nitrogens with one attached hydrogen (secondary N) is 1. The number of rotatable bonds is 7. The smallest absolute Gasteiger partial charge is 0.128 e. The average Bonchev–Trinajstić information content (AvgIpc) is 3.33. The van der Waals surface area contributed by atoms with E-state index < -0.39 is 0 Å². The minimum absolute atomic E-state index is 0.0772. The van der Waals surface area contributed by atoms with Gasteiger partial charge in [0.1, 0.15) is 5.75 Å². The van der Waals surface area contributed by atoms with Crippen LogP contribution in [-0.4, -0.2) is 33.2 Å². The van der Waals surface area contributed by atoms with E-state index in [1.807, 2.05) is 6.20 Å². The van der Waals surface area contributed by atoms with Crippen molar-refractivity contribution >= 4 is 10.9 Å². The Labute approximate surface area is 214 Å². The van der Waals surface area contributed by atoms with E-state index in [9.17, 15) is 0 Å². The molecule has 0 spiro atoms. The molecular formula is C31H38N4O. The molecule has 0 radical (unpaired) electrons. The Kier molecular flexibility index (Phi) is 6.85. The van der Waals surface area contributed by atoms with Gasteiger partial charge in [-0.25, -0.2) is 0 Å². The Morgan fingerprint density at radius 1 is 1.11 bits per heavy atom. The summed E-state index contributed by atoms with van der Waals surface area (Å²) in [4.78, 5) is 7.66. The van der Waals surface area contributed by atoms with Crippen molar-refractivity contribution < 1.29 is 4.74 Å². The van der Waals surface area contributed by atoms with Crippen molar-refractivity contribution in [1.82, 2.24) is 20.1 Å². The zero-order valence-electron chi connectivity index (χ0n) is 22.4. The standard InChI is InChI=1S/C31H38N4O/c1-19(2)23-14-15-27-25(17-32-34-27)31(23)28-16-30(36-20(3)4)26(21(5)33-28)18-35(6)29-13-9-11-22-10-7-8-12-24(22)29/h7-8,10,12,14-17,19-20,29H,9,11,13,18H2,1-6H3,(H,32,34). The lowest BCUT2D eigenvalue weighted by Gasteiger charge is -2.34. The lowest BCUT2D eigenvalue weighted by atomic mass is 9.87. The van der Waals surface area contributed by atoms with E-state index in [2.05, 4.69) is 99.2 Å². The first kappa shape index (κ1) is 24.5. The molecule has 1 N–H and O–H groups in total. The van der Waals surface area contributed by atoms with Crippen molar-refractivity contribution in [2.75, 3.05) is 7.05 Å². The van der Waals surface area contributed by atoms with E-state index in [1.54, 1.807) is 0 Å². The lowest BCUT2D eigenvalue weighted by Crippen LogP contribution is -2.28. The summed E-state index contributed by atoms with van der Waals surface area (Å²) in [7, 11) is 2.24. The molecule has 0 fully saturated rings. The van der Waals surface area contributed by atoms with Gasteiger partial charge >= 0.3 is 0 Å². The van der Waals surface area contributed by atoms with E-state index in [-0.39, 0.29) is 6.10 Å². The van der Waals surface area contributed by atoms with Gasteiger partial charge in [0.15, 0.2) is 0 Å². The SMILES string of the molecule is Cc1nc(-c2c(C(C)C)ccc3[nH]ncc23)cc(OC(C)C)c1CN(C)C1CCCc2ccccc21. The number of fused-ring (bicyclic) bond motifs is 2. The molecule has 2 aromatic heterocycles. The van der Waals surface area contributed by atoms with Gasteiger partial charge in [-0.15, -0.1) is 0 Å². The van der Waals surface area contributed by atoms with Gasteiger partial charge in [0.05, 0.1) is 23.5 Å². The summed E-state index contributed by atoms with van der Waals surface area (Å²) in [5.74, 6) is 1.30. The molecule has 5 rings (SSSR count). The minimum atomic E-state index is 0.0772. The van der Waals surface area contributed by atoms with Crippen LogP contribution in [0.2, 0.25) is 0 Å². The first-order valence-corrected chi connectivity index (χ1v) is 13.2. The maximum absolute atomic E-state index is 6.45. The molecule has 2 heterocycles. The van der Waals surface area contributed by atoms with Crippen molar-refractivity contribution in [2.24, 2.45) is 0 Å². The number of aromatic nitrogens is 3. The molecule has 1 unspecified atom stereocenters. The summed E-state index contributed by atoms with van der Waals surface area (Å²) < 4.78 is 6.45. The molecule has 5 heteroatoms. The zero-order valence-corrected chi connectivity index (χ0v) is 22.4. The third-order valence-corrected chi connectivity index (χ3v) is 7.46. The van der Waals surface area contributed by atoms with Crippen LogP contribution in [0, 0.1) is 6.92 Å². The normalized spacial score (nSPS) is 15.8. The second-order valence-corrected chi connectivity index (χ2v) is 10.8. The van der Waals surface area contributed by atoms with Crippen molar-refractivity contribution in [1.29, 1.82) is 0 Å². The van der Waals surface area contributed by atoms with E-state index in [4.69, 9.17) is 9.72 Å². The zero-order chi connectivity index (χ0) is 25.4. The fraction of sp³-hybridized carbons (Fsp3) is 0.419. The highest BCUT2D eigenvalue weighted by Crippen LogP contribution is 2.39. The number of H-pyrrole nitrogens is 1. The molecule has 2 aromatic carbocycles. The highest BCUT2D eigenvalue weighted by molar-refractivity contribution is 5.95. The third-order valence-electron chi connectivity index (χ3n) is 7.46. The quantitative estimate of drug-likeness (QED) is 0.299. The molecule has 1 aliphatic rings. The van der Waals surface area contributed by atoms with Crippen LogP contribution in [0.25, 0.3) is 22.2 Å². The molecule has 0 bridgehead atoms. The Hall–Kier alpha value is -3.18. The van der Waals surface area contributed by atoms with E-state index in [1.165, 1.54) is 41.5 Å². The van der Waals surface area contributed by atoms with Gasteiger partial charge in [-0.2, -0.15) is 5.10 Å². The highest BCUT2D eigenvalue weighted by atomic mass is 16.5. The fourth-order valence-electron chi connectivity index (χ4n) is 5.70. The topological polar surface area (TPSA) is 54.0 Å². The van der Waals surface area contributed by atoms with Crippen LogP contribution in [0.5, 0.6) is 5.75 Å². The van der Waals surface area contributed by atoms with Crippen LogP contribution in [0.4, 0.5) is 0 Å². The molecule has 5 nitrogen and oxygen atoms in total. The number of benzene rings is 2. The average molecular weight is 483 g/mol. The highest BCUT2D eigenvalue weighted by Gasteiger charge is 2.26. The summed E-state index contributed by atoms with van der Waals surface area (Å²) in [5.41, 5.74) is 9.54. The molecule has 1 aliphatic carbocycles. The summed E-state index contributed by atoms with van der Waals surface area (Å²) in [6.07, 6.45) is 5.57. The van der Waals surface area contributed by atoms with E-state index >= 15 is 0 Å². The maximum atomic E-state index is 6.45. The predicted octanol–water partition coefficient (Wildman–Crippen LogP) is 7.35. The van der Waals surface area contributed by atoms with Gasteiger partial charge in [0.2, 0.25) is 0 Å². The van der Waals surface area contributed by atoms with Gasteiger partial charge < -0.3 is 4.74 Å². The Balaban J connectivity index is 1.57. The van der Waals surface area contributed by atoms with Crippen LogP contribution in [-0.2, 0) is 13.0 Å². The number of hydrogen-bond acceptors (Lipinski definition) is 4. The molecule has 0 saturated carbocycles. The van der Waals surface area contributed by atoms with Gasteiger partial charge in [-0.1, -0.05) is 44.2 Å². The first-order chi connectivity index (χ1) is 17.3. The Bertz CT molecular complexity index is 1370. The van der Waals surface area contributed by atoms with Crippen LogP contribution in [0.3, 0.4) is 0 Å². The molecule has 0 aliphatic heterocycles. The van der Waals surface area contributed by atoms with Crippen LogP contribution in [0.15, 0.2) is 48.7 Å². The van der Waals surface area contributed by atoms with Gasteiger partial charge in [-0.3, -0.25) is 15.0 Å². The van der Waals surface area contributed by atoms with Crippen molar-refractivity contribution in [3.8, 4) is 17.0 Å². The van der Waals surface area contributed by atoms with E-state index in [0.29, 0.717) is 12.0 Å². The van der Waals surface area contributed by atoms with Crippen molar-refractivity contribution in [3.63, 3.8) is 0 Å². The number of pyridine rings is 1. The summed E-state index contributed by atoms with van der Waals surface area (Å²) in [6.45, 7) is 11.6. The Morgan fingerprint density at radius 2 is 1.92 bits per heavy atom. The largest absolute Gasteiger partial charge is 0.491 e. The number of nitrogens with zero attached hydrogens (tertiary/aromatic N) is 3. The molecule has 188 valence electrons. The predicted molar refractivity (Wildman–Crippen MR) is 148 cm³/mol. The maximum Gasteiger partial charge on any atom is 0.128 e. The van der Waals surface area contributed by atoms with Gasteiger partial charge in [0, 0.05) is 40.9 Å². The first-order valence-electron chi connectivity index (χ1n) is 13.2. The molecule has 0 amide bonds. The monoisotopic (exact) mass is 482 g/mol. The second-order valence-electron chi connectivity index (χ2n) is 10.8. The Morgan fingerprint density at radius 3 is 2.69 bits per heavy atom. The molecular weight excluding hydrogens is 444 g/mol. The summed E-state index contributed by atoms with van der Waals surface area (Å²) in [6, 6.07) is 15.8. The van der Waals surface area contributed by atoms with Crippen LogP contribution < -0.4 is 4.74 Å². The number of ether oxygens (including phenoxy) is 1. The number of aryl methyl sites for hydroxylation is 2. The molecule has 1 atom stereocenters. The minimum Gasteiger partial charge on any atom is -0.491 e. The van der Waals surface area contributed by atoms with Gasteiger partial charge in [-0.05, 0) is 75.8 Å². The fourth-order valence-corrected chi connectivity index (χ4v) is 5.70. The van der Waals surface area contributed by atoms with Crippen LogP contribution >= 0.6 is 0 Å². The van der Waals surface area contributed by atoms with Crippen molar-refractivity contribution in [3.05, 3.63) is 76.6 Å². The summed E-state index contributed by atoms with van der Waals surface area (Å²) >= 11 is 0. The van der Waals surface area contributed by atoms with Gasteiger partial charge in [0.25, 0.3) is 0 Å². The molecule has 0 saturated heterocycles. The lowest BCUT2D eigenvalue weighted by molar-refractivity contribution is 0.200. The molecule has 36 heavy (non-hydrogen) atoms. The van der Waals surface area contributed by atoms with Crippen molar-refractivity contribution in [2.45, 2.75) is 78.5 Å². The number of aromatic amines is 1. The molecule has 4 aromatic rings. The number of hydrogen-bond donors (Lipinski definition) is 1. The third kappa shape index (κ3) is 4.64.